The predicted octanol–water partition coefficient (Wildman–Crippen LogP) is 1.88. The molecule has 1 aliphatic heterocycles. The van der Waals surface area contributed by atoms with E-state index in [1.807, 2.05) is 37.4 Å². The first kappa shape index (κ1) is 20.7. The van der Waals surface area contributed by atoms with E-state index in [0.29, 0.717) is 13.1 Å². The monoisotopic (exact) mass is 378 g/mol. The molecule has 1 atom stereocenters. The summed E-state index contributed by atoms with van der Waals surface area (Å²) in [6, 6.07) is 8.08. The third-order valence-corrected chi connectivity index (χ3v) is 5.30. The van der Waals surface area contributed by atoms with Crippen molar-refractivity contribution in [1.82, 2.24) is 15.1 Å². The maximum absolute atomic E-state index is 12.3. The van der Waals surface area contributed by atoms with E-state index in [9.17, 15) is 9.59 Å². The van der Waals surface area contributed by atoms with Gasteiger partial charge in [0.25, 0.3) is 0 Å². The molecule has 0 radical (unpaired) electrons. The van der Waals surface area contributed by atoms with E-state index >= 15 is 0 Å². The molecule has 0 spiro atoms. The molecule has 0 aromatic heterocycles. The average molecular weight is 379 g/mol. The highest BCUT2D eigenvalue weighted by Gasteiger charge is 2.21. The number of hydrogen-bond acceptors (Lipinski definition) is 5. The minimum Gasteiger partial charge on any atom is -0.353 e. The number of carbonyl (C=O) groups excluding carboxylic acids is 2. The molecule has 1 fully saturated rings. The summed E-state index contributed by atoms with van der Waals surface area (Å²) in [5.41, 5.74) is 0.835. The fourth-order valence-electron chi connectivity index (χ4n) is 2.84. The molecule has 6 nitrogen and oxygen atoms in total. The summed E-state index contributed by atoms with van der Waals surface area (Å²) in [5.74, 6) is 0.0884. The molecular weight excluding hydrogens is 348 g/mol. The lowest BCUT2D eigenvalue weighted by Crippen LogP contribution is -2.51. The second-order valence-corrected chi connectivity index (χ2v) is 7.59. The molecule has 0 bridgehead atoms. The Morgan fingerprint density at radius 2 is 1.73 bits per heavy atom. The third kappa shape index (κ3) is 6.97. The first-order chi connectivity index (χ1) is 12.5. The number of carbonyl (C=O) groups is 2. The minimum atomic E-state index is 0.00576. The first-order valence-electron chi connectivity index (χ1n) is 9.18. The topological polar surface area (TPSA) is 64.7 Å². The van der Waals surface area contributed by atoms with Crippen molar-refractivity contribution < 1.29 is 9.59 Å². The van der Waals surface area contributed by atoms with Crippen LogP contribution in [-0.4, -0.2) is 73.2 Å². The van der Waals surface area contributed by atoms with Crippen LogP contribution in [0.25, 0.3) is 0 Å². The number of nitrogens with zero attached hydrogens (tertiary/aromatic N) is 2. The summed E-state index contributed by atoms with van der Waals surface area (Å²) in [4.78, 5) is 29.6. The summed E-state index contributed by atoms with van der Waals surface area (Å²) < 4.78 is 0. The van der Waals surface area contributed by atoms with Crippen molar-refractivity contribution in [1.29, 1.82) is 0 Å². The molecule has 2 rings (SSSR count). The van der Waals surface area contributed by atoms with Gasteiger partial charge in [-0.25, -0.2) is 0 Å². The van der Waals surface area contributed by atoms with Crippen molar-refractivity contribution in [2.45, 2.75) is 31.2 Å². The minimum absolute atomic E-state index is 0.00576. The molecule has 1 heterocycles. The van der Waals surface area contributed by atoms with E-state index in [-0.39, 0.29) is 17.9 Å². The van der Waals surface area contributed by atoms with Crippen LogP contribution in [0.2, 0.25) is 0 Å². The molecule has 2 N–H and O–H groups in total. The highest BCUT2D eigenvalue weighted by atomic mass is 32.2. The molecule has 0 saturated carbocycles. The van der Waals surface area contributed by atoms with Crippen LogP contribution < -0.4 is 10.6 Å². The zero-order chi connectivity index (χ0) is 18.9. The molecular formula is C19H30N4O2S. The van der Waals surface area contributed by atoms with Gasteiger partial charge in [0.15, 0.2) is 0 Å². The number of hydrogen-bond donors (Lipinski definition) is 2. The van der Waals surface area contributed by atoms with Crippen molar-refractivity contribution in [2.24, 2.45) is 0 Å². The number of amides is 2. The number of anilines is 1. The van der Waals surface area contributed by atoms with Crippen LogP contribution in [0, 0.1) is 0 Å². The van der Waals surface area contributed by atoms with Crippen LogP contribution in [0.4, 0.5) is 5.69 Å². The first-order valence-corrected chi connectivity index (χ1v) is 10.4. The SMILES string of the molecule is CCC(C)NC(=O)CN1CCN(CC(=O)Nc2cccc(SC)c2)CC1. The van der Waals surface area contributed by atoms with E-state index in [0.717, 1.165) is 43.2 Å². The number of benzene rings is 1. The molecule has 1 aromatic carbocycles. The zero-order valence-corrected chi connectivity index (χ0v) is 16.8. The Labute approximate surface area is 160 Å². The van der Waals surface area contributed by atoms with Crippen LogP contribution in [0.5, 0.6) is 0 Å². The zero-order valence-electron chi connectivity index (χ0n) is 16.0. The smallest absolute Gasteiger partial charge is 0.238 e. The van der Waals surface area contributed by atoms with E-state index in [1.54, 1.807) is 11.8 Å². The number of thioether (sulfide) groups is 1. The van der Waals surface area contributed by atoms with Gasteiger partial charge in [-0.3, -0.25) is 19.4 Å². The third-order valence-electron chi connectivity index (χ3n) is 4.57. The molecule has 26 heavy (non-hydrogen) atoms. The quantitative estimate of drug-likeness (QED) is 0.676. The second kappa shape index (κ2) is 10.5. The number of rotatable bonds is 8. The Morgan fingerprint density at radius 3 is 2.31 bits per heavy atom. The van der Waals surface area contributed by atoms with Crippen molar-refractivity contribution in [2.75, 3.05) is 50.8 Å². The van der Waals surface area contributed by atoms with Gasteiger partial charge in [-0.15, -0.1) is 11.8 Å². The maximum Gasteiger partial charge on any atom is 0.238 e. The maximum atomic E-state index is 12.3. The molecule has 0 aliphatic carbocycles. The highest BCUT2D eigenvalue weighted by Crippen LogP contribution is 2.18. The van der Waals surface area contributed by atoms with Crippen LogP contribution in [-0.2, 0) is 9.59 Å². The largest absolute Gasteiger partial charge is 0.353 e. The Hall–Kier alpha value is -1.57. The van der Waals surface area contributed by atoms with E-state index < -0.39 is 0 Å². The van der Waals surface area contributed by atoms with E-state index in [2.05, 4.69) is 27.4 Å². The van der Waals surface area contributed by atoms with Crippen molar-refractivity contribution >= 4 is 29.3 Å². The highest BCUT2D eigenvalue weighted by molar-refractivity contribution is 7.98. The molecule has 1 aliphatic rings. The van der Waals surface area contributed by atoms with Crippen molar-refractivity contribution in [3.05, 3.63) is 24.3 Å². The van der Waals surface area contributed by atoms with E-state index in [4.69, 9.17) is 0 Å². The number of nitrogens with one attached hydrogen (secondary N) is 2. The van der Waals surface area contributed by atoms with Gasteiger partial charge in [0.2, 0.25) is 11.8 Å². The fraction of sp³-hybridized carbons (Fsp3) is 0.579. The molecule has 1 saturated heterocycles. The lowest BCUT2D eigenvalue weighted by Gasteiger charge is -2.34. The van der Waals surface area contributed by atoms with Crippen LogP contribution in [0.1, 0.15) is 20.3 Å². The Kier molecular flexibility index (Phi) is 8.41. The average Bonchev–Trinajstić information content (AvgIpc) is 2.63. The summed E-state index contributed by atoms with van der Waals surface area (Å²) >= 11 is 1.66. The fourth-order valence-corrected chi connectivity index (χ4v) is 3.30. The summed E-state index contributed by atoms with van der Waals surface area (Å²) in [6.07, 6.45) is 2.96. The van der Waals surface area contributed by atoms with Crippen LogP contribution in [0.15, 0.2) is 29.2 Å². The Balaban J connectivity index is 1.71. The van der Waals surface area contributed by atoms with Gasteiger partial charge in [0.05, 0.1) is 13.1 Å². The second-order valence-electron chi connectivity index (χ2n) is 6.71. The van der Waals surface area contributed by atoms with Gasteiger partial charge in [0, 0.05) is 42.8 Å². The van der Waals surface area contributed by atoms with Gasteiger partial charge in [-0.05, 0) is 37.8 Å². The lowest BCUT2D eigenvalue weighted by atomic mass is 10.2. The lowest BCUT2D eigenvalue weighted by molar-refractivity contribution is -0.124. The van der Waals surface area contributed by atoms with Crippen LogP contribution >= 0.6 is 11.8 Å². The van der Waals surface area contributed by atoms with Gasteiger partial charge >= 0.3 is 0 Å². The molecule has 1 aromatic rings. The molecule has 2 amide bonds. The number of piperazine rings is 1. The van der Waals surface area contributed by atoms with Gasteiger partial charge in [-0.2, -0.15) is 0 Å². The Bertz CT molecular complexity index is 603. The summed E-state index contributed by atoms with van der Waals surface area (Å²) in [6.45, 7) is 8.12. The molecule has 7 heteroatoms. The predicted molar refractivity (Wildman–Crippen MR) is 108 cm³/mol. The summed E-state index contributed by atoms with van der Waals surface area (Å²) in [5, 5.41) is 5.96. The molecule has 144 valence electrons. The Morgan fingerprint density at radius 1 is 1.12 bits per heavy atom. The van der Waals surface area contributed by atoms with Crippen molar-refractivity contribution in [3.63, 3.8) is 0 Å². The summed E-state index contributed by atoms with van der Waals surface area (Å²) in [7, 11) is 0. The van der Waals surface area contributed by atoms with Crippen molar-refractivity contribution in [3.8, 4) is 0 Å². The molecule has 1 unspecified atom stereocenters. The van der Waals surface area contributed by atoms with Gasteiger partial charge in [0.1, 0.15) is 0 Å². The van der Waals surface area contributed by atoms with Gasteiger partial charge in [-0.1, -0.05) is 13.0 Å². The van der Waals surface area contributed by atoms with Crippen LogP contribution in [0.3, 0.4) is 0 Å². The standard InChI is InChI=1S/C19H30N4O2S/c1-4-15(2)20-18(24)13-22-8-10-23(11-9-22)14-19(25)21-16-6-5-7-17(12-16)26-3/h5-7,12,15H,4,8-11,13-14H2,1-3H3,(H,20,24)(H,21,25). The normalized spacial score (nSPS) is 16.9. The van der Waals surface area contributed by atoms with Gasteiger partial charge < -0.3 is 10.6 Å². The van der Waals surface area contributed by atoms with E-state index in [1.165, 1.54) is 0 Å².